The van der Waals surface area contributed by atoms with Crippen molar-refractivity contribution in [3.8, 4) is 0 Å². The van der Waals surface area contributed by atoms with Gasteiger partial charge >= 0.3 is 0 Å². The van der Waals surface area contributed by atoms with E-state index in [-0.39, 0.29) is 1.43 Å². The molecule has 0 saturated carbocycles. The Hall–Kier alpha value is -0.0800. The molecule has 0 radical (unpaired) electrons. The van der Waals surface area contributed by atoms with Gasteiger partial charge in [0.25, 0.3) is 0 Å². The molecule has 0 aromatic heterocycles. The summed E-state index contributed by atoms with van der Waals surface area (Å²) in [5, 5.41) is 3.14. The van der Waals surface area contributed by atoms with Crippen molar-refractivity contribution in [3.63, 3.8) is 0 Å². The third-order valence-electron chi connectivity index (χ3n) is 1.34. The summed E-state index contributed by atoms with van der Waals surface area (Å²) in [5.74, 6) is 0. The fourth-order valence-corrected chi connectivity index (χ4v) is 0.762. The third-order valence-corrected chi connectivity index (χ3v) is 1.34. The van der Waals surface area contributed by atoms with Gasteiger partial charge in [-0.1, -0.05) is 13.8 Å². The Morgan fingerprint density at radius 3 is 2.44 bits per heavy atom. The van der Waals surface area contributed by atoms with Crippen LogP contribution in [-0.2, 0) is 4.74 Å². The minimum absolute atomic E-state index is 0. The van der Waals surface area contributed by atoms with Gasteiger partial charge in [0.05, 0.1) is 6.61 Å². The maximum Gasteiger partial charge on any atom is 0.0620 e. The molecule has 0 aliphatic carbocycles. The molecular formula is C7H19NO. The molecule has 0 aromatic carbocycles. The second kappa shape index (κ2) is 6.05. The number of hydrogen-bond acceptors (Lipinski definition) is 2. The quantitative estimate of drug-likeness (QED) is 0.581. The lowest BCUT2D eigenvalue weighted by Gasteiger charge is -2.01. The van der Waals surface area contributed by atoms with Gasteiger partial charge in [0.15, 0.2) is 0 Å². The predicted molar refractivity (Wildman–Crippen MR) is 41.7 cm³/mol. The summed E-state index contributed by atoms with van der Waals surface area (Å²) >= 11 is 0. The van der Waals surface area contributed by atoms with Gasteiger partial charge in [0.2, 0.25) is 0 Å². The Kier molecular flexibility index (Phi) is 5.99. The molecule has 1 fully saturated rings. The zero-order valence-corrected chi connectivity index (χ0v) is 6.61. The summed E-state index contributed by atoms with van der Waals surface area (Å²) < 4.78 is 5.09. The molecule has 1 rings (SSSR count). The van der Waals surface area contributed by atoms with Gasteiger partial charge in [-0.2, -0.15) is 0 Å². The van der Waals surface area contributed by atoms with E-state index in [0.717, 1.165) is 13.2 Å². The van der Waals surface area contributed by atoms with Crippen LogP contribution < -0.4 is 5.32 Å². The number of nitrogens with one attached hydrogen (secondary N) is 1. The van der Waals surface area contributed by atoms with E-state index in [4.69, 9.17) is 4.74 Å². The highest BCUT2D eigenvalue weighted by Gasteiger charge is 2.11. The van der Waals surface area contributed by atoms with Gasteiger partial charge in [0.1, 0.15) is 0 Å². The van der Waals surface area contributed by atoms with Crippen LogP contribution in [0.1, 0.15) is 21.7 Å². The zero-order valence-electron chi connectivity index (χ0n) is 6.61. The minimum atomic E-state index is 0. The lowest BCUT2D eigenvalue weighted by Crippen LogP contribution is -2.24. The number of likely N-dealkylation sites (N-methyl/N-ethyl adjacent to an activating group) is 1. The number of hydrogen-bond donors (Lipinski definition) is 1. The van der Waals surface area contributed by atoms with Gasteiger partial charge in [-0.05, 0) is 13.5 Å². The van der Waals surface area contributed by atoms with E-state index in [9.17, 15) is 0 Å². The maximum absolute atomic E-state index is 5.09. The lowest BCUT2D eigenvalue weighted by atomic mass is 10.3. The molecule has 9 heavy (non-hydrogen) atoms. The molecule has 58 valence electrons. The molecule has 0 spiro atoms. The number of ether oxygens (including phenoxy) is 1. The van der Waals surface area contributed by atoms with Gasteiger partial charge in [-0.25, -0.2) is 0 Å². The van der Waals surface area contributed by atoms with Crippen molar-refractivity contribution >= 4 is 0 Å². The molecule has 0 amide bonds. The molecule has 1 atom stereocenters. The van der Waals surface area contributed by atoms with Crippen LogP contribution in [0.15, 0.2) is 0 Å². The monoisotopic (exact) mass is 133 g/mol. The number of rotatable bonds is 1. The van der Waals surface area contributed by atoms with Crippen LogP contribution in [0.5, 0.6) is 0 Å². The third kappa shape index (κ3) is 3.49. The Balaban J connectivity index is 0. The van der Waals surface area contributed by atoms with E-state index in [1.165, 1.54) is 6.42 Å². The summed E-state index contributed by atoms with van der Waals surface area (Å²) in [4.78, 5) is 0. The molecular weight excluding hydrogens is 114 g/mol. The molecule has 1 N–H and O–H groups in total. The summed E-state index contributed by atoms with van der Waals surface area (Å²) in [5.41, 5.74) is 0. The molecule has 1 saturated heterocycles. The first-order valence-corrected chi connectivity index (χ1v) is 3.68. The van der Waals surface area contributed by atoms with Crippen LogP contribution >= 0.6 is 0 Å². The molecule has 1 aliphatic heterocycles. The van der Waals surface area contributed by atoms with E-state index in [0.29, 0.717) is 6.04 Å². The summed E-state index contributed by atoms with van der Waals surface area (Å²) in [6.45, 7) is 5.84. The average molecular weight is 133 g/mol. The molecule has 0 aromatic rings. The molecule has 2 heteroatoms. The largest absolute Gasteiger partial charge is 0.380 e. The van der Waals surface area contributed by atoms with Crippen molar-refractivity contribution in [3.05, 3.63) is 0 Å². The zero-order chi connectivity index (χ0) is 7.11. The van der Waals surface area contributed by atoms with Crippen LogP contribution in [0.3, 0.4) is 0 Å². The molecule has 2 nitrogen and oxygen atoms in total. The highest BCUT2D eigenvalue weighted by molar-refractivity contribution is 4.67. The van der Waals surface area contributed by atoms with E-state index in [2.05, 4.69) is 5.32 Å². The van der Waals surface area contributed by atoms with E-state index in [1.807, 2.05) is 20.9 Å². The van der Waals surface area contributed by atoms with Crippen LogP contribution in [0, 0.1) is 0 Å². The Labute approximate surface area is 59.1 Å². The summed E-state index contributed by atoms with van der Waals surface area (Å²) in [6, 6.07) is 0.625. The summed E-state index contributed by atoms with van der Waals surface area (Å²) in [7, 11) is 1.97. The molecule has 1 heterocycles. The molecule has 1 aliphatic rings. The standard InChI is InChI=1S/C5H11NO.C2H6.H2/c1-6-5-2-3-7-4-5;1-2;/h5-6H,2-4H2,1H3;1-2H3;1H. The second-order valence-corrected chi connectivity index (χ2v) is 1.85. The van der Waals surface area contributed by atoms with Gasteiger partial charge in [0, 0.05) is 14.1 Å². The van der Waals surface area contributed by atoms with Crippen molar-refractivity contribution in [1.29, 1.82) is 0 Å². The first-order chi connectivity index (χ1) is 4.43. The van der Waals surface area contributed by atoms with Crippen LogP contribution in [-0.4, -0.2) is 26.3 Å². The van der Waals surface area contributed by atoms with Crippen LogP contribution in [0.25, 0.3) is 0 Å². The normalized spacial score (nSPS) is 25.0. The first-order valence-electron chi connectivity index (χ1n) is 3.68. The molecule has 0 bridgehead atoms. The SMILES string of the molecule is CC.CNC1CCOC1.[HH]. The second-order valence-electron chi connectivity index (χ2n) is 1.85. The minimum Gasteiger partial charge on any atom is -0.380 e. The van der Waals surface area contributed by atoms with Crippen LogP contribution in [0.2, 0.25) is 0 Å². The Bertz CT molecular complexity index is 55.6. The first kappa shape index (κ1) is 8.92. The van der Waals surface area contributed by atoms with Crippen molar-refractivity contribution in [2.24, 2.45) is 0 Å². The maximum atomic E-state index is 5.09. The Morgan fingerprint density at radius 2 is 2.22 bits per heavy atom. The van der Waals surface area contributed by atoms with Crippen molar-refractivity contribution in [1.82, 2.24) is 5.32 Å². The predicted octanol–water partition coefficient (Wildman–Crippen LogP) is 1.27. The molecule has 1 unspecified atom stereocenters. The van der Waals surface area contributed by atoms with Crippen molar-refractivity contribution in [2.45, 2.75) is 26.3 Å². The van der Waals surface area contributed by atoms with E-state index >= 15 is 0 Å². The van der Waals surface area contributed by atoms with Gasteiger partial charge in [-0.15, -0.1) is 0 Å². The summed E-state index contributed by atoms with van der Waals surface area (Å²) in [6.07, 6.45) is 1.18. The topological polar surface area (TPSA) is 21.3 Å². The van der Waals surface area contributed by atoms with Gasteiger partial charge < -0.3 is 10.1 Å². The fourth-order valence-electron chi connectivity index (χ4n) is 0.762. The Morgan fingerprint density at radius 1 is 1.56 bits per heavy atom. The van der Waals surface area contributed by atoms with E-state index < -0.39 is 0 Å². The van der Waals surface area contributed by atoms with E-state index in [1.54, 1.807) is 0 Å². The van der Waals surface area contributed by atoms with Crippen LogP contribution in [0.4, 0.5) is 0 Å². The smallest absolute Gasteiger partial charge is 0.0620 e. The lowest BCUT2D eigenvalue weighted by molar-refractivity contribution is 0.191. The highest BCUT2D eigenvalue weighted by atomic mass is 16.5. The van der Waals surface area contributed by atoms with Crippen molar-refractivity contribution < 1.29 is 6.16 Å². The van der Waals surface area contributed by atoms with Gasteiger partial charge in [-0.3, -0.25) is 0 Å². The van der Waals surface area contributed by atoms with Crippen molar-refractivity contribution in [2.75, 3.05) is 20.3 Å². The fraction of sp³-hybridized carbons (Fsp3) is 1.00. The average Bonchev–Trinajstić information content (AvgIpc) is 2.43. The highest BCUT2D eigenvalue weighted by Crippen LogP contribution is 2.00.